The number of ether oxygens (including phenoxy) is 1. The first-order chi connectivity index (χ1) is 11.0. The summed E-state index contributed by atoms with van der Waals surface area (Å²) in [6.07, 6.45) is 0.758. The third-order valence-corrected chi connectivity index (χ3v) is 4.01. The van der Waals surface area contributed by atoms with Gasteiger partial charge in [0.2, 0.25) is 0 Å². The van der Waals surface area contributed by atoms with Crippen LogP contribution in [0.3, 0.4) is 0 Å². The normalized spacial score (nSPS) is 13.4. The third-order valence-electron chi connectivity index (χ3n) is 4.01. The number of rotatable bonds is 6. The van der Waals surface area contributed by atoms with Crippen molar-refractivity contribution in [3.63, 3.8) is 0 Å². The highest BCUT2D eigenvalue weighted by Gasteiger charge is 2.23. The molecule has 3 nitrogen and oxygen atoms in total. The maximum Gasteiger partial charge on any atom is 0.331 e. The molecule has 2 rings (SSSR count). The first-order valence-corrected chi connectivity index (χ1v) is 7.67. The van der Waals surface area contributed by atoms with Gasteiger partial charge in [0.15, 0.2) is 6.10 Å². The van der Waals surface area contributed by atoms with Crippen LogP contribution in [0, 0.1) is 0 Å². The zero-order valence-electron chi connectivity index (χ0n) is 13.9. The molecule has 3 heteroatoms. The van der Waals surface area contributed by atoms with Crippen molar-refractivity contribution in [3.05, 3.63) is 83.9 Å². The smallest absolute Gasteiger partial charge is 0.331 e. The van der Waals surface area contributed by atoms with Crippen LogP contribution in [0.5, 0.6) is 0 Å². The van der Waals surface area contributed by atoms with E-state index in [1.165, 1.54) is 6.08 Å². The monoisotopic (exact) mass is 309 g/mol. The summed E-state index contributed by atoms with van der Waals surface area (Å²) in [5, 5.41) is 0. The molecule has 0 spiro atoms. The van der Waals surface area contributed by atoms with Crippen LogP contribution in [0.1, 0.15) is 35.8 Å². The van der Waals surface area contributed by atoms with Gasteiger partial charge in [0.25, 0.3) is 0 Å². The summed E-state index contributed by atoms with van der Waals surface area (Å²) in [5.74, 6) is -0.425. The van der Waals surface area contributed by atoms with Crippen molar-refractivity contribution in [1.29, 1.82) is 0 Å². The van der Waals surface area contributed by atoms with Crippen molar-refractivity contribution in [3.8, 4) is 0 Å². The molecule has 0 aliphatic carbocycles. The van der Waals surface area contributed by atoms with E-state index in [0.717, 1.165) is 16.7 Å². The van der Waals surface area contributed by atoms with E-state index in [1.807, 2.05) is 62.6 Å². The van der Waals surface area contributed by atoms with Crippen LogP contribution < -0.4 is 0 Å². The SMILES string of the molecule is C=CC(=O)O[C@@H](c1ccccc1)c1ccccc1[C@@H](C)N(C)C. The second-order valence-corrected chi connectivity index (χ2v) is 5.70. The van der Waals surface area contributed by atoms with Gasteiger partial charge in [-0.3, -0.25) is 0 Å². The molecule has 0 aliphatic heterocycles. The second kappa shape index (κ2) is 7.75. The van der Waals surface area contributed by atoms with Gasteiger partial charge in [0.1, 0.15) is 0 Å². The standard InChI is InChI=1S/C20H23NO2/c1-5-19(22)23-20(16-11-7-6-8-12-16)18-14-10-9-13-17(18)15(2)21(3)4/h5-15,20H,1H2,2-4H3/t15-,20+/m1/s1. The Kier molecular flexibility index (Phi) is 5.72. The summed E-state index contributed by atoms with van der Waals surface area (Å²) in [5.41, 5.74) is 3.08. The van der Waals surface area contributed by atoms with Crippen LogP contribution >= 0.6 is 0 Å². The van der Waals surface area contributed by atoms with Crippen molar-refractivity contribution < 1.29 is 9.53 Å². The van der Waals surface area contributed by atoms with Crippen LogP contribution in [-0.4, -0.2) is 25.0 Å². The van der Waals surface area contributed by atoms with E-state index in [9.17, 15) is 4.79 Å². The van der Waals surface area contributed by atoms with Crippen LogP contribution in [0.15, 0.2) is 67.3 Å². The van der Waals surface area contributed by atoms with Gasteiger partial charge in [-0.25, -0.2) is 4.79 Å². The highest BCUT2D eigenvalue weighted by Crippen LogP contribution is 2.33. The Morgan fingerprint density at radius 1 is 1.04 bits per heavy atom. The number of esters is 1. The first kappa shape index (κ1) is 17.0. The molecule has 0 amide bonds. The van der Waals surface area contributed by atoms with E-state index in [4.69, 9.17) is 4.74 Å². The molecule has 0 heterocycles. The number of carbonyl (C=O) groups excluding carboxylic acids is 1. The molecule has 0 aromatic heterocycles. The van der Waals surface area contributed by atoms with E-state index < -0.39 is 12.1 Å². The molecule has 0 fully saturated rings. The lowest BCUT2D eigenvalue weighted by atomic mass is 9.93. The number of benzene rings is 2. The Morgan fingerprint density at radius 2 is 1.61 bits per heavy atom. The molecule has 0 N–H and O–H groups in total. The average Bonchev–Trinajstić information content (AvgIpc) is 2.59. The second-order valence-electron chi connectivity index (χ2n) is 5.70. The minimum atomic E-state index is -0.444. The van der Waals surface area contributed by atoms with Gasteiger partial charge in [-0.1, -0.05) is 61.2 Å². The minimum Gasteiger partial charge on any atom is -0.449 e. The van der Waals surface area contributed by atoms with Crippen LogP contribution in [-0.2, 0) is 9.53 Å². The van der Waals surface area contributed by atoms with E-state index >= 15 is 0 Å². The fourth-order valence-electron chi connectivity index (χ4n) is 2.51. The van der Waals surface area contributed by atoms with Gasteiger partial charge in [0.05, 0.1) is 0 Å². The van der Waals surface area contributed by atoms with Gasteiger partial charge in [0, 0.05) is 17.7 Å². The topological polar surface area (TPSA) is 29.5 Å². The molecule has 0 bridgehead atoms. The molecule has 0 saturated heterocycles. The van der Waals surface area contributed by atoms with Gasteiger partial charge in [-0.15, -0.1) is 0 Å². The van der Waals surface area contributed by atoms with Crippen molar-refractivity contribution in [2.24, 2.45) is 0 Å². The zero-order chi connectivity index (χ0) is 16.8. The minimum absolute atomic E-state index is 0.208. The van der Waals surface area contributed by atoms with E-state index in [1.54, 1.807) is 0 Å². The average molecular weight is 309 g/mol. The maximum atomic E-state index is 11.8. The van der Waals surface area contributed by atoms with Gasteiger partial charge >= 0.3 is 5.97 Å². The molecule has 2 atom stereocenters. The summed E-state index contributed by atoms with van der Waals surface area (Å²) in [6.45, 7) is 5.64. The quantitative estimate of drug-likeness (QED) is 0.593. The number of hydrogen-bond donors (Lipinski definition) is 0. The van der Waals surface area contributed by atoms with Crippen molar-refractivity contribution in [1.82, 2.24) is 4.90 Å². The molecular weight excluding hydrogens is 286 g/mol. The summed E-state index contributed by atoms with van der Waals surface area (Å²) >= 11 is 0. The molecule has 23 heavy (non-hydrogen) atoms. The Labute approximate surface area is 138 Å². The van der Waals surface area contributed by atoms with Crippen molar-refractivity contribution >= 4 is 5.97 Å². The summed E-state index contributed by atoms with van der Waals surface area (Å²) in [4.78, 5) is 14.0. The predicted molar refractivity (Wildman–Crippen MR) is 93.1 cm³/mol. The van der Waals surface area contributed by atoms with Crippen molar-refractivity contribution in [2.45, 2.75) is 19.1 Å². The number of nitrogens with zero attached hydrogens (tertiary/aromatic N) is 1. The number of hydrogen-bond acceptors (Lipinski definition) is 3. The summed E-state index contributed by atoms with van der Waals surface area (Å²) in [6, 6.07) is 18.1. The lowest BCUT2D eigenvalue weighted by molar-refractivity contribution is -0.141. The van der Waals surface area contributed by atoms with Gasteiger partial charge in [-0.2, -0.15) is 0 Å². The van der Waals surface area contributed by atoms with Gasteiger partial charge < -0.3 is 9.64 Å². The largest absolute Gasteiger partial charge is 0.449 e. The van der Waals surface area contributed by atoms with Gasteiger partial charge in [-0.05, 0) is 32.1 Å². The Morgan fingerprint density at radius 3 is 2.17 bits per heavy atom. The lowest BCUT2D eigenvalue weighted by Gasteiger charge is -2.27. The molecule has 0 unspecified atom stereocenters. The molecule has 0 radical (unpaired) electrons. The first-order valence-electron chi connectivity index (χ1n) is 7.67. The Hall–Kier alpha value is -2.39. The highest BCUT2D eigenvalue weighted by molar-refractivity contribution is 5.81. The van der Waals surface area contributed by atoms with E-state index in [0.29, 0.717) is 0 Å². The third kappa shape index (κ3) is 4.08. The predicted octanol–water partition coefficient (Wildman–Crippen LogP) is 4.13. The Bertz CT molecular complexity index is 664. The molecule has 2 aromatic carbocycles. The molecule has 120 valence electrons. The molecule has 0 saturated carbocycles. The molecule has 2 aromatic rings. The van der Waals surface area contributed by atoms with Crippen LogP contribution in [0.4, 0.5) is 0 Å². The highest BCUT2D eigenvalue weighted by atomic mass is 16.5. The molecule has 0 aliphatic rings. The maximum absolute atomic E-state index is 11.8. The lowest BCUT2D eigenvalue weighted by Crippen LogP contribution is -2.20. The van der Waals surface area contributed by atoms with E-state index in [2.05, 4.69) is 24.5 Å². The van der Waals surface area contributed by atoms with E-state index in [-0.39, 0.29) is 6.04 Å². The summed E-state index contributed by atoms with van der Waals surface area (Å²) < 4.78 is 5.67. The summed E-state index contributed by atoms with van der Waals surface area (Å²) in [7, 11) is 4.07. The number of carbonyl (C=O) groups is 1. The van der Waals surface area contributed by atoms with Crippen LogP contribution in [0.25, 0.3) is 0 Å². The Balaban J connectivity index is 2.52. The fraction of sp³-hybridized carbons (Fsp3) is 0.250. The fourth-order valence-corrected chi connectivity index (χ4v) is 2.51. The zero-order valence-corrected chi connectivity index (χ0v) is 13.9. The molecular formula is C20H23NO2. The van der Waals surface area contributed by atoms with Crippen molar-refractivity contribution in [2.75, 3.05) is 14.1 Å². The van der Waals surface area contributed by atoms with Crippen LogP contribution in [0.2, 0.25) is 0 Å².